The summed E-state index contributed by atoms with van der Waals surface area (Å²) in [6, 6.07) is 4.87. The molecule has 6 heteroatoms. The fourth-order valence-corrected chi connectivity index (χ4v) is 2.17. The summed E-state index contributed by atoms with van der Waals surface area (Å²) in [4.78, 5) is 10.9. The Morgan fingerprint density at radius 2 is 1.83 bits per heavy atom. The molecule has 0 heterocycles. The molecule has 0 aliphatic carbocycles. The van der Waals surface area contributed by atoms with Crippen molar-refractivity contribution < 1.29 is 14.6 Å². The Labute approximate surface area is 116 Å². The highest BCUT2D eigenvalue weighted by atomic mass is 35.5. The van der Waals surface area contributed by atoms with E-state index in [9.17, 15) is 9.90 Å². The summed E-state index contributed by atoms with van der Waals surface area (Å²) >= 11 is 12.1. The number of benzene rings is 1. The number of carbonyl (C=O) groups excluding carboxylic acids is 1. The van der Waals surface area contributed by atoms with Crippen LogP contribution in [0.25, 0.3) is 0 Å². The number of hydrogen-bond acceptors (Lipinski definition) is 3. The van der Waals surface area contributed by atoms with Crippen molar-refractivity contribution in [1.29, 1.82) is 0 Å². The first-order valence-corrected chi connectivity index (χ1v) is 6.18. The first kappa shape index (κ1) is 15.1. The van der Waals surface area contributed by atoms with Crippen LogP contribution < -0.4 is 5.73 Å². The van der Waals surface area contributed by atoms with Crippen molar-refractivity contribution in [3.63, 3.8) is 0 Å². The Bertz CT molecular complexity index is 417. The average Bonchev–Trinajstić information content (AvgIpc) is 2.25. The van der Waals surface area contributed by atoms with Gasteiger partial charge in [0.1, 0.15) is 0 Å². The van der Waals surface area contributed by atoms with Gasteiger partial charge >= 0.3 is 6.09 Å². The molecule has 0 aromatic heterocycles. The number of amides is 1. The van der Waals surface area contributed by atoms with E-state index in [1.807, 2.05) is 0 Å². The normalized spacial score (nSPS) is 14.3. The Morgan fingerprint density at radius 3 is 2.22 bits per heavy atom. The van der Waals surface area contributed by atoms with Gasteiger partial charge in [-0.1, -0.05) is 43.1 Å². The molecule has 2 atom stereocenters. The molecule has 0 aliphatic heterocycles. The Hall–Kier alpha value is -0.970. The van der Waals surface area contributed by atoms with Crippen LogP contribution in [0.1, 0.15) is 25.5 Å². The third-order valence-electron chi connectivity index (χ3n) is 2.52. The lowest BCUT2D eigenvalue weighted by Crippen LogP contribution is -2.30. The summed E-state index contributed by atoms with van der Waals surface area (Å²) in [6.07, 6.45) is -2.92. The summed E-state index contributed by atoms with van der Waals surface area (Å²) in [5.41, 5.74) is 5.37. The lowest BCUT2D eigenvalue weighted by Gasteiger charge is -2.26. The van der Waals surface area contributed by atoms with Crippen LogP contribution in [0.2, 0.25) is 10.0 Å². The minimum atomic E-state index is -0.990. The van der Waals surface area contributed by atoms with Gasteiger partial charge in [-0.05, 0) is 18.1 Å². The van der Waals surface area contributed by atoms with Crippen molar-refractivity contribution in [2.24, 2.45) is 11.7 Å². The van der Waals surface area contributed by atoms with Crippen LogP contribution in [0.4, 0.5) is 4.79 Å². The molecule has 1 unspecified atom stereocenters. The van der Waals surface area contributed by atoms with E-state index < -0.39 is 18.3 Å². The number of ether oxygens (including phenoxy) is 1. The van der Waals surface area contributed by atoms with Gasteiger partial charge in [0, 0.05) is 15.6 Å². The third-order valence-corrected chi connectivity index (χ3v) is 3.18. The summed E-state index contributed by atoms with van der Waals surface area (Å²) in [6.45, 7) is 3.57. The first-order chi connectivity index (χ1) is 8.34. The molecule has 1 amide bonds. The zero-order valence-corrected chi connectivity index (χ0v) is 11.6. The van der Waals surface area contributed by atoms with Gasteiger partial charge in [0.25, 0.3) is 0 Å². The minimum Gasteiger partial charge on any atom is -0.439 e. The van der Waals surface area contributed by atoms with E-state index in [0.717, 1.165) is 0 Å². The smallest absolute Gasteiger partial charge is 0.405 e. The molecular formula is C12H15Cl2NO3. The predicted molar refractivity (Wildman–Crippen MR) is 70.7 cm³/mol. The molecule has 1 aromatic rings. The van der Waals surface area contributed by atoms with Crippen molar-refractivity contribution in [1.82, 2.24) is 0 Å². The summed E-state index contributed by atoms with van der Waals surface area (Å²) in [5, 5.41) is 10.7. The molecule has 0 aliphatic rings. The quantitative estimate of drug-likeness (QED) is 0.895. The summed E-state index contributed by atoms with van der Waals surface area (Å²) in [5.74, 6) is -0.151. The molecule has 1 rings (SSSR count). The second-order valence-corrected chi connectivity index (χ2v) is 5.04. The van der Waals surface area contributed by atoms with E-state index in [1.165, 1.54) is 0 Å². The van der Waals surface area contributed by atoms with Crippen LogP contribution in [-0.4, -0.2) is 17.3 Å². The van der Waals surface area contributed by atoms with Crippen LogP contribution in [0.5, 0.6) is 0 Å². The maximum atomic E-state index is 10.9. The molecular weight excluding hydrogens is 277 g/mol. The predicted octanol–water partition coefficient (Wildman–Crippen LogP) is 3.15. The van der Waals surface area contributed by atoms with Gasteiger partial charge in [-0.3, -0.25) is 0 Å². The minimum absolute atomic E-state index is 0.151. The van der Waals surface area contributed by atoms with Gasteiger partial charge in [-0.15, -0.1) is 0 Å². The molecule has 0 spiro atoms. The van der Waals surface area contributed by atoms with Gasteiger partial charge in [-0.2, -0.15) is 0 Å². The number of aliphatic hydroxyl groups is 1. The van der Waals surface area contributed by atoms with Crippen LogP contribution in [0, 0.1) is 5.92 Å². The summed E-state index contributed by atoms with van der Waals surface area (Å²) < 4.78 is 4.94. The number of halogens is 2. The molecule has 0 radical (unpaired) electrons. The van der Waals surface area contributed by atoms with Crippen molar-refractivity contribution >= 4 is 29.3 Å². The highest BCUT2D eigenvalue weighted by molar-refractivity contribution is 6.36. The molecule has 0 fully saturated rings. The van der Waals surface area contributed by atoms with E-state index in [2.05, 4.69) is 0 Å². The molecule has 0 saturated heterocycles. The zero-order valence-electron chi connectivity index (χ0n) is 10.1. The van der Waals surface area contributed by atoms with Crippen molar-refractivity contribution in [3.8, 4) is 0 Å². The van der Waals surface area contributed by atoms with Gasteiger partial charge < -0.3 is 15.6 Å². The van der Waals surface area contributed by atoms with Crippen LogP contribution in [0.3, 0.4) is 0 Å². The lowest BCUT2D eigenvalue weighted by atomic mass is 9.96. The van der Waals surface area contributed by atoms with Gasteiger partial charge in [0.2, 0.25) is 0 Å². The highest BCUT2D eigenvalue weighted by Crippen LogP contribution is 2.36. The monoisotopic (exact) mass is 291 g/mol. The third kappa shape index (κ3) is 3.51. The van der Waals surface area contributed by atoms with Crippen LogP contribution in [-0.2, 0) is 4.74 Å². The number of primary amides is 1. The van der Waals surface area contributed by atoms with Gasteiger partial charge in [-0.25, -0.2) is 4.79 Å². The Balaban J connectivity index is 3.21. The van der Waals surface area contributed by atoms with Crippen molar-refractivity contribution in [2.75, 3.05) is 0 Å². The van der Waals surface area contributed by atoms with E-state index >= 15 is 0 Å². The molecule has 18 heavy (non-hydrogen) atoms. The van der Waals surface area contributed by atoms with Gasteiger partial charge in [0.05, 0.1) is 6.10 Å². The Kier molecular flexibility index (Phi) is 5.26. The number of hydrogen-bond donors (Lipinski definition) is 2. The molecule has 1 aromatic carbocycles. The molecule has 0 bridgehead atoms. The van der Waals surface area contributed by atoms with E-state index in [-0.39, 0.29) is 5.92 Å². The highest BCUT2D eigenvalue weighted by Gasteiger charge is 2.30. The molecule has 0 saturated carbocycles. The number of nitrogens with two attached hydrogens (primary N) is 1. The lowest BCUT2D eigenvalue weighted by molar-refractivity contribution is -0.0184. The summed E-state index contributed by atoms with van der Waals surface area (Å²) in [7, 11) is 0. The second kappa shape index (κ2) is 6.27. The van der Waals surface area contributed by atoms with Crippen molar-refractivity contribution in [3.05, 3.63) is 33.8 Å². The van der Waals surface area contributed by atoms with Gasteiger partial charge in [0.15, 0.2) is 6.10 Å². The molecule has 4 nitrogen and oxygen atoms in total. The van der Waals surface area contributed by atoms with E-state index in [4.69, 9.17) is 33.7 Å². The van der Waals surface area contributed by atoms with E-state index in [0.29, 0.717) is 15.6 Å². The van der Waals surface area contributed by atoms with Crippen molar-refractivity contribution in [2.45, 2.75) is 26.1 Å². The number of carbonyl (C=O) groups is 1. The Morgan fingerprint density at radius 1 is 1.33 bits per heavy atom. The average molecular weight is 292 g/mol. The fourth-order valence-electron chi connectivity index (χ4n) is 1.56. The first-order valence-electron chi connectivity index (χ1n) is 5.42. The maximum Gasteiger partial charge on any atom is 0.405 e. The SMILES string of the molecule is CC(C)[C@H](O)C(OC(N)=O)c1c(Cl)cccc1Cl. The van der Waals surface area contributed by atoms with Crippen LogP contribution >= 0.6 is 23.2 Å². The molecule has 100 valence electrons. The number of rotatable bonds is 4. The number of aliphatic hydroxyl groups excluding tert-OH is 1. The standard InChI is InChI=1S/C12H15Cl2NO3/c1-6(2)10(16)11(18-12(15)17)9-7(13)4-3-5-8(9)14/h3-6,10-11,16H,1-2H3,(H2,15,17)/t10-,11?/m0/s1. The second-order valence-electron chi connectivity index (χ2n) is 4.23. The largest absolute Gasteiger partial charge is 0.439 e. The topological polar surface area (TPSA) is 72.6 Å². The molecule has 3 N–H and O–H groups in total. The van der Waals surface area contributed by atoms with Crippen LogP contribution in [0.15, 0.2) is 18.2 Å². The van der Waals surface area contributed by atoms with E-state index in [1.54, 1.807) is 32.0 Å². The zero-order chi connectivity index (χ0) is 13.9. The maximum absolute atomic E-state index is 10.9. The fraction of sp³-hybridized carbons (Fsp3) is 0.417.